The Labute approximate surface area is 160 Å². The second kappa shape index (κ2) is 7.08. The van der Waals surface area contributed by atoms with E-state index in [9.17, 15) is 4.79 Å². The monoisotopic (exact) mass is 411 g/mol. The molecule has 0 radical (unpaired) electrons. The van der Waals surface area contributed by atoms with Crippen molar-refractivity contribution < 1.29 is 14.3 Å². The maximum absolute atomic E-state index is 12.6. The minimum atomic E-state index is -0.497. The number of nitrogens with zero attached hydrogens (tertiary/aromatic N) is 1. The summed E-state index contributed by atoms with van der Waals surface area (Å²) in [5.41, 5.74) is 1.39. The van der Waals surface area contributed by atoms with E-state index >= 15 is 0 Å². The number of esters is 1. The fourth-order valence-corrected chi connectivity index (χ4v) is 3.84. The van der Waals surface area contributed by atoms with Crippen LogP contribution in [0.4, 0.5) is 0 Å². The summed E-state index contributed by atoms with van der Waals surface area (Å²) in [7, 11) is 0. The summed E-state index contributed by atoms with van der Waals surface area (Å²) in [6, 6.07) is 17.5. The number of hydrogen-bond donors (Lipinski definition) is 0. The summed E-state index contributed by atoms with van der Waals surface area (Å²) in [4.78, 5) is 16.9. The second-order valence-corrected chi connectivity index (χ2v) is 7.23. The molecule has 0 aliphatic heterocycles. The molecule has 5 heteroatoms. The number of carbonyl (C=O) groups excluding carboxylic acids is 1. The summed E-state index contributed by atoms with van der Waals surface area (Å²) in [6.45, 7) is 0.535. The normalized spacial score (nSPS) is 14.8. The van der Waals surface area contributed by atoms with Crippen molar-refractivity contribution in [2.75, 3.05) is 13.2 Å². The van der Waals surface area contributed by atoms with Crippen LogP contribution in [0.3, 0.4) is 0 Å². The highest BCUT2D eigenvalue weighted by Gasteiger charge is 2.53. The third kappa shape index (κ3) is 3.19. The average Bonchev–Trinajstić information content (AvgIpc) is 3.47. The van der Waals surface area contributed by atoms with E-state index in [4.69, 9.17) is 9.47 Å². The average molecular weight is 412 g/mol. The fraction of sp³-hybridized carbons (Fsp3) is 0.238. The third-order valence-corrected chi connectivity index (χ3v) is 5.40. The van der Waals surface area contributed by atoms with Crippen LogP contribution in [0.25, 0.3) is 10.9 Å². The van der Waals surface area contributed by atoms with Crippen LogP contribution < -0.4 is 4.74 Å². The van der Waals surface area contributed by atoms with Crippen molar-refractivity contribution in [3.05, 3.63) is 70.8 Å². The first-order chi connectivity index (χ1) is 12.7. The van der Waals surface area contributed by atoms with Crippen molar-refractivity contribution in [2.45, 2.75) is 18.3 Å². The molecule has 26 heavy (non-hydrogen) atoms. The third-order valence-electron chi connectivity index (χ3n) is 4.71. The van der Waals surface area contributed by atoms with Crippen molar-refractivity contribution >= 4 is 32.8 Å². The number of hydrogen-bond acceptors (Lipinski definition) is 4. The van der Waals surface area contributed by atoms with Gasteiger partial charge in [0, 0.05) is 16.1 Å². The number of para-hydroxylation sites is 1. The van der Waals surface area contributed by atoms with Crippen molar-refractivity contribution in [3.63, 3.8) is 0 Å². The molecule has 1 aliphatic rings. The maximum Gasteiger partial charge on any atom is 0.316 e. The lowest BCUT2D eigenvalue weighted by Gasteiger charge is -2.16. The van der Waals surface area contributed by atoms with Gasteiger partial charge in [-0.1, -0.05) is 46.3 Å². The second-order valence-electron chi connectivity index (χ2n) is 6.37. The van der Waals surface area contributed by atoms with Gasteiger partial charge in [0.2, 0.25) is 0 Å². The number of benzene rings is 2. The van der Waals surface area contributed by atoms with Gasteiger partial charge in [0.15, 0.2) is 0 Å². The lowest BCUT2D eigenvalue weighted by Crippen LogP contribution is -2.25. The van der Waals surface area contributed by atoms with Crippen molar-refractivity contribution in [3.8, 4) is 5.75 Å². The molecule has 0 atom stereocenters. The van der Waals surface area contributed by atoms with Gasteiger partial charge in [-0.05, 0) is 42.7 Å². The standard InChI is InChI=1S/C21H18BrNO3/c22-17-7-3-2-6-16(17)21(10-11-21)20(24)26-14-13-25-19-9-12-23-18-8-4-1-5-15(18)19/h1-9,12H,10-11,13-14H2. The molecule has 1 saturated carbocycles. The first kappa shape index (κ1) is 17.0. The van der Waals surface area contributed by atoms with Gasteiger partial charge in [-0.3, -0.25) is 9.78 Å². The first-order valence-electron chi connectivity index (χ1n) is 8.59. The summed E-state index contributed by atoms with van der Waals surface area (Å²) >= 11 is 3.54. The molecule has 4 nitrogen and oxygen atoms in total. The van der Waals surface area contributed by atoms with E-state index in [0.29, 0.717) is 6.61 Å². The highest BCUT2D eigenvalue weighted by Crippen LogP contribution is 2.51. The summed E-state index contributed by atoms with van der Waals surface area (Å²) in [6.07, 6.45) is 3.37. The van der Waals surface area contributed by atoms with E-state index in [1.54, 1.807) is 6.20 Å². The van der Waals surface area contributed by atoms with E-state index in [2.05, 4.69) is 20.9 Å². The number of ether oxygens (including phenoxy) is 2. The van der Waals surface area contributed by atoms with E-state index in [0.717, 1.165) is 39.5 Å². The lowest BCUT2D eigenvalue weighted by atomic mass is 9.96. The molecule has 0 unspecified atom stereocenters. The lowest BCUT2D eigenvalue weighted by molar-refractivity contribution is -0.147. The van der Waals surface area contributed by atoms with Gasteiger partial charge >= 0.3 is 5.97 Å². The number of pyridine rings is 1. The van der Waals surface area contributed by atoms with Gasteiger partial charge in [0.25, 0.3) is 0 Å². The predicted octanol–water partition coefficient (Wildman–Crippen LogP) is 4.65. The topological polar surface area (TPSA) is 48.4 Å². The van der Waals surface area contributed by atoms with Crippen LogP contribution in [0.2, 0.25) is 0 Å². The molecule has 132 valence electrons. The Morgan fingerprint density at radius 1 is 1.04 bits per heavy atom. The molecule has 1 aliphatic carbocycles. The molecule has 2 aromatic carbocycles. The van der Waals surface area contributed by atoms with Crippen LogP contribution in [0, 0.1) is 0 Å². The summed E-state index contributed by atoms with van der Waals surface area (Å²) in [5, 5.41) is 0.952. The Morgan fingerprint density at radius 3 is 2.62 bits per heavy atom. The maximum atomic E-state index is 12.6. The minimum Gasteiger partial charge on any atom is -0.489 e. The molecule has 4 rings (SSSR count). The van der Waals surface area contributed by atoms with E-state index < -0.39 is 5.41 Å². The van der Waals surface area contributed by atoms with Gasteiger partial charge in [-0.15, -0.1) is 0 Å². The largest absolute Gasteiger partial charge is 0.489 e. The summed E-state index contributed by atoms with van der Waals surface area (Å²) < 4.78 is 12.3. The number of carbonyl (C=O) groups is 1. The van der Waals surface area contributed by atoms with Crippen LogP contribution in [-0.4, -0.2) is 24.2 Å². The number of fused-ring (bicyclic) bond motifs is 1. The van der Waals surface area contributed by atoms with Crippen LogP contribution in [0.5, 0.6) is 5.75 Å². The fourth-order valence-electron chi connectivity index (χ4n) is 3.18. The highest BCUT2D eigenvalue weighted by atomic mass is 79.9. The van der Waals surface area contributed by atoms with Crippen LogP contribution in [-0.2, 0) is 14.9 Å². The highest BCUT2D eigenvalue weighted by molar-refractivity contribution is 9.10. The quantitative estimate of drug-likeness (QED) is 0.437. The number of rotatable bonds is 6. The molecule has 1 aromatic heterocycles. The zero-order chi connectivity index (χ0) is 18.0. The molecule has 0 bridgehead atoms. The van der Waals surface area contributed by atoms with Crippen LogP contribution in [0.1, 0.15) is 18.4 Å². The van der Waals surface area contributed by atoms with Crippen LogP contribution in [0.15, 0.2) is 65.3 Å². The number of aromatic nitrogens is 1. The Balaban J connectivity index is 1.36. The molecular weight excluding hydrogens is 394 g/mol. The van der Waals surface area contributed by atoms with E-state index in [-0.39, 0.29) is 12.6 Å². The molecule has 0 saturated heterocycles. The Bertz CT molecular complexity index is 947. The predicted molar refractivity (Wildman–Crippen MR) is 103 cm³/mol. The van der Waals surface area contributed by atoms with E-state index in [1.165, 1.54) is 0 Å². The molecule has 0 N–H and O–H groups in total. The van der Waals surface area contributed by atoms with Crippen LogP contribution >= 0.6 is 15.9 Å². The first-order valence-corrected chi connectivity index (χ1v) is 9.39. The smallest absolute Gasteiger partial charge is 0.316 e. The van der Waals surface area contributed by atoms with E-state index in [1.807, 2.05) is 54.6 Å². The molecular formula is C21H18BrNO3. The Morgan fingerprint density at radius 2 is 1.81 bits per heavy atom. The minimum absolute atomic E-state index is 0.174. The Kier molecular flexibility index (Phi) is 4.64. The Hall–Kier alpha value is -2.40. The van der Waals surface area contributed by atoms with Crippen molar-refractivity contribution in [2.24, 2.45) is 0 Å². The van der Waals surface area contributed by atoms with Gasteiger partial charge in [-0.25, -0.2) is 0 Å². The van der Waals surface area contributed by atoms with Gasteiger partial charge in [0.1, 0.15) is 19.0 Å². The van der Waals surface area contributed by atoms with Crippen molar-refractivity contribution in [1.29, 1.82) is 0 Å². The molecule has 1 fully saturated rings. The number of halogens is 1. The zero-order valence-corrected chi connectivity index (χ0v) is 15.7. The summed E-state index contributed by atoms with van der Waals surface area (Å²) in [5.74, 6) is 0.575. The van der Waals surface area contributed by atoms with Gasteiger partial charge in [0.05, 0.1) is 10.9 Å². The van der Waals surface area contributed by atoms with Crippen molar-refractivity contribution in [1.82, 2.24) is 4.98 Å². The zero-order valence-electron chi connectivity index (χ0n) is 14.2. The van der Waals surface area contributed by atoms with Gasteiger partial charge in [-0.2, -0.15) is 0 Å². The SMILES string of the molecule is O=C(OCCOc1ccnc2ccccc12)C1(c2ccccc2Br)CC1. The molecule has 0 spiro atoms. The van der Waals surface area contributed by atoms with Gasteiger partial charge < -0.3 is 9.47 Å². The molecule has 1 heterocycles. The molecule has 0 amide bonds. The molecule has 3 aromatic rings.